The molecule has 0 saturated carbocycles. The Morgan fingerprint density at radius 1 is 1.43 bits per heavy atom. The predicted octanol–water partition coefficient (Wildman–Crippen LogP) is 0.339. The molecule has 14 heavy (non-hydrogen) atoms. The molecule has 0 aliphatic rings. The van der Waals surface area contributed by atoms with E-state index in [9.17, 15) is 14.7 Å². The average molecular weight is 219 g/mol. The van der Waals surface area contributed by atoms with Crippen LogP contribution in [-0.4, -0.2) is 17.0 Å². The minimum atomic E-state index is -1.23. The van der Waals surface area contributed by atoms with Crippen LogP contribution in [0, 0.1) is 0 Å². The van der Waals surface area contributed by atoms with Crippen molar-refractivity contribution >= 4 is 29.2 Å². The fraction of sp³-hybridized carbons (Fsp3) is 0.375. The Balaban J connectivity index is 0. The van der Waals surface area contributed by atoms with Gasteiger partial charge in [0.15, 0.2) is 5.05 Å². The number of carboxylic acid groups (broad SMARTS) is 1. The van der Waals surface area contributed by atoms with E-state index in [0.29, 0.717) is 0 Å². The van der Waals surface area contributed by atoms with Gasteiger partial charge in [0.2, 0.25) is 0 Å². The first-order valence-electron chi connectivity index (χ1n) is 3.54. The van der Waals surface area contributed by atoms with Gasteiger partial charge in [0.1, 0.15) is 0 Å². The Kier molecular flexibility index (Phi) is 7.78. The summed E-state index contributed by atoms with van der Waals surface area (Å²) in [6.45, 7) is 4.82. The van der Waals surface area contributed by atoms with E-state index in [4.69, 9.17) is 0 Å². The molecule has 0 spiro atoms. The molecular weight excluding hydrogens is 206 g/mol. The highest BCUT2D eigenvalue weighted by atomic mass is 32.1. The van der Waals surface area contributed by atoms with E-state index in [1.165, 1.54) is 6.92 Å². The largest absolute Gasteiger partial charge is 0.550 e. The Morgan fingerprint density at radius 2 is 1.93 bits per heavy atom. The van der Waals surface area contributed by atoms with Gasteiger partial charge in [-0.05, 0) is 25.6 Å². The summed E-state index contributed by atoms with van der Waals surface area (Å²) in [5.74, 6) is -1.86. The smallest absolute Gasteiger partial charge is 0.339 e. The first kappa shape index (κ1) is 15.2. The lowest BCUT2D eigenvalue weighted by atomic mass is 10.3. The first-order valence-corrected chi connectivity index (χ1v) is 3.94. The lowest BCUT2D eigenvalue weighted by Crippen LogP contribution is -2.23. The number of carbonyl (C=O) groups excluding carboxylic acids is 2. The van der Waals surface area contributed by atoms with E-state index in [1.54, 1.807) is 0 Å². The summed E-state index contributed by atoms with van der Waals surface area (Å²) in [5, 5.41) is 9.94. The molecule has 0 rings (SSSR count). The van der Waals surface area contributed by atoms with Crippen molar-refractivity contribution in [3.63, 3.8) is 0 Å². The molecule has 0 saturated heterocycles. The molecule has 6 heteroatoms. The van der Waals surface area contributed by atoms with Crippen molar-refractivity contribution in [2.45, 2.75) is 19.8 Å². The van der Waals surface area contributed by atoms with E-state index < -0.39 is 11.9 Å². The van der Waals surface area contributed by atoms with Crippen molar-refractivity contribution in [2.24, 2.45) is 0 Å². The van der Waals surface area contributed by atoms with Gasteiger partial charge in [-0.1, -0.05) is 6.58 Å². The fourth-order valence-corrected chi connectivity index (χ4v) is 0.623. The molecule has 0 aromatic heterocycles. The maximum Gasteiger partial charge on any atom is 0.339 e. The van der Waals surface area contributed by atoms with Crippen LogP contribution < -0.4 is 11.3 Å². The van der Waals surface area contributed by atoms with Crippen molar-refractivity contribution in [3.05, 3.63) is 12.2 Å². The third kappa shape index (κ3) is 7.38. The number of hydrogen-bond acceptors (Lipinski definition) is 5. The molecule has 80 valence electrons. The van der Waals surface area contributed by atoms with Crippen molar-refractivity contribution in [1.29, 1.82) is 0 Å². The fourth-order valence-electron chi connectivity index (χ4n) is 0.446. The van der Waals surface area contributed by atoms with Crippen molar-refractivity contribution < 1.29 is 19.4 Å². The third-order valence-corrected chi connectivity index (χ3v) is 1.38. The predicted molar refractivity (Wildman–Crippen MR) is 53.7 cm³/mol. The highest BCUT2D eigenvalue weighted by molar-refractivity contribution is 7.80. The minimum absolute atomic E-state index is 0. The molecule has 0 aromatic rings. The van der Waals surface area contributed by atoms with Crippen LogP contribution in [0.15, 0.2) is 12.2 Å². The van der Waals surface area contributed by atoms with Gasteiger partial charge in [-0.25, -0.2) is 4.79 Å². The molecule has 0 radical (unpaired) electrons. The molecule has 0 heterocycles. The number of rotatable bonds is 4. The Hall–Kier alpha value is -1.27. The van der Waals surface area contributed by atoms with Crippen LogP contribution >= 0.6 is 12.2 Å². The second-order valence-corrected chi connectivity index (χ2v) is 2.87. The lowest BCUT2D eigenvalue weighted by Gasteiger charge is -2.05. The molecule has 0 fully saturated rings. The summed E-state index contributed by atoms with van der Waals surface area (Å²) in [6, 6.07) is 0. The molecule has 0 atom stereocenters. The Bertz CT molecular complexity index is 262. The molecule has 5 nitrogen and oxygen atoms in total. The highest BCUT2D eigenvalue weighted by Crippen LogP contribution is 1.99. The van der Waals surface area contributed by atoms with Gasteiger partial charge >= 0.3 is 5.97 Å². The molecule has 0 unspecified atom stereocenters. The topological polar surface area (TPSA) is 103 Å². The molecule has 4 N–H and O–H groups in total. The molecule has 0 bridgehead atoms. The standard InChI is InChI=1S/C8H10O4S.H3N/c1-5(2)8(11)12-7(13)4-3-6(9)10;/h1,3-4H2,2H3,(H,9,10);1H3. The third-order valence-electron chi connectivity index (χ3n) is 1.09. The van der Waals surface area contributed by atoms with Crippen LogP contribution in [0.1, 0.15) is 19.8 Å². The van der Waals surface area contributed by atoms with Crippen LogP contribution in [0.5, 0.6) is 0 Å². The molecule has 0 aliphatic carbocycles. The second-order valence-electron chi connectivity index (χ2n) is 2.41. The van der Waals surface area contributed by atoms with E-state index in [-0.39, 0.29) is 29.6 Å². The zero-order chi connectivity index (χ0) is 10.4. The van der Waals surface area contributed by atoms with E-state index in [2.05, 4.69) is 23.5 Å². The summed E-state index contributed by atoms with van der Waals surface area (Å²) >= 11 is 4.59. The zero-order valence-corrected chi connectivity index (χ0v) is 8.98. The average Bonchev–Trinajstić information content (AvgIpc) is 2.00. The Labute approximate surface area is 87.3 Å². The number of ether oxygens (including phenoxy) is 1. The van der Waals surface area contributed by atoms with Crippen LogP contribution in [0.4, 0.5) is 0 Å². The van der Waals surface area contributed by atoms with Gasteiger partial charge in [-0.3, -0.25) is 0 Å². The molecule has 0 amide bonds. The highest BCUT2D eigenvalue weighted by Gasteiger charge is 2.06. The first-order chi connectivity index (χ1) is 5.93. The van der Waals surface area contributed by atoms with Crippen LogP contribution in [0.2, 0.25) is 0 Å². The normalized spacial score (nSPS) is 8.36. The SMILES string of the molecule is C=C(C)C(=O)OC(=S)CCC(=O)[O-].[NH4+]. The van der Waals surface area contributed by atoms with Gasteiger partial charge in [-0.15, -0.1) is 0 Å². The number of aliphatic carboxylic acids is 1. The van der Waals surface area contributed by atoms with Gasteiger partial charge in [0.05, 0.1) is 0 Å². The maximum absolute atomic E-state index is 10.8. The molecule has 0 aliphatic heterocycles. The summed E-state index contributed by atoms with van der Waals surface area (Å²) < 4.78 is 4.56. The van der Waals surface area contributed by atoms with E-state index in [1.807, 2.05) is 0 Å². The quantitative estimate of drug-likeness (QED) is 0.417. The zero-order valence-electron chi connectivity index (χ0n) is 8.16. The number of carboxylic acids is 1. The van der Waals surface area contributed by atoms with E-state index in [0.717, 1.165) is 0 Å². The number of carbonyl (C=O) groups is 2. The number of hydrogen-bond donors (Lipinski definition) is 1. The monoisotopic (exact) mass is 219 g/mol. The minimum Gasteiger partial charge on any atom is -0.550 e. The number of quaternary nitrogens is 1. The van der Waals surface area contributed by atoms with Crippen LogP contribution in [-0.2, 0) is 14.3 Å². The summed E-state index contributed by atoms with van der Waals surface area (Å²) in [6.07, 6.45) is -0.251. The summed E-state index contributed by atoms with van der Waals surface area (Å²) in [4.78, 5) is 20.8. The number of esters is 1. The Morgan fingerprint density at radius 3 is 2.29 bits per heavy atom. The van der Waals surface area contributed by atoms with Crippen molar-refractivity contribution in [2.75, 3.05) is 0 Å². The van der Waals surface area contributed by atoms with E-state index >= 15 is 0 Å². The second kappa shape index (κ2) is 7.16. The summed E-state index contributed by atoms with van der Waals surface area (Å²) in [5.41, 5.74) is 0.218. The van der Waals surface area contributed by atoms with Crippen molar-refractivity contribution in [1.82, 2.24) is 6.15 Å². The molecule has 0 aromatic carbocycles. The van der Waals surface area contributed by atoms with Crippen molar-refractivity contribution in [3.8, 4) is 0 Å². The summed E-state index contributed by atoms with van der Waals surface area (Å²) in [7, 11) is 0. The van der Waals surface area contributed by atoms with Gasteiger partial charge in [-0.2, -0.15) is 0 Å². The van der Waals surface area contributed by atoms with Crippen LogP contribution in [0.3, 0.4) is 0 Å². The van der Waals surface area contributed by atoms with Gasteiger partial charge < -0.3 is 20.8 Å². The maximum atomic E-state index is 10.8. The molecular formula is C8H13NO4S. The van der Waals surface area contributed by atoms with Gasteiger partial charge in [0.25, 0.3) is 0 Å². The number of thiocarbonyl (C=S) groups is 1. The lowest BCUT2D eigenvalue weighted by molar-refractivity contribution is -0.305. The van der Waals surface area contributed by atoms with Crippen LogP contribution in [0.25, 0.3) is 0 Å². The van der Waals surface area contributed by atoms with Gasteiger partial charge in [0, 0.05) is 18.0 Å².